The molecule has 4 N–H and O–H groups in total. The number of urea groups is 1. The molecule has 0 unspecified atom stereocenters. The molecular formula is C12H14IN3O4. The molecule has 3 amide bonds. The van der Waals surface area contributed by atoms with Gasteiger partial charge in [-0.15, -0.1) is 0 Å². The molecule has 0 spiro atoms. The van der Waals surface area contributed by atoms with Crippen LogP contribution in [0.15, 0.2) is 18.2 Å². The number of halogens is 1. The lowest BCUT2D eigenvalue weighted by Gasteiger charge is -2.10. The number of anilines is 1. The van der Waals surface area contributed by atoms with Gasteiger partial charge in [0, 0.05) is 23.6 Å². The Labute approximate surface area is 129 Å². The summed E-state index contributed by atoms with van der Waals surface area (Å²) in [5.41, 5.74) is 0.240. The van der Waals surface area contributed by atoms with Crippen LogP contribution in [0.5, 0.6) is 0 Å². The van der Waals surface area contributed by atoms with E-state index in [0.717, 1.165) is 3.57 Å². The highest BCUT2D eigenvalue weighted by Gasteiger charge is 2.12. The van der Waals surface area contributed by atoms with Crippen LogP contribution >= 0.6 is 22.6 Å². The number of hydrogen-bond donors (Lipinski definition) is 4. The van der Waals surface area contributed by atoms with Crippen LogP contribution in [0.1, 0.15) is 17.3 Å². The number of aromatic carboxylic acids is 1. The molecule has 8 heteroatoms. The number of benzene rings is 1. The first-order chi connectivity index (χ1) is 9.40. The van der Waals surface area contributed by atoms with Crippen LogP contribution in [0.4, 0.5) is 10.5 Å². The zero-order valence-electron chi connectivity index (χ0n) is 10.7. The molecule has 0 heterocycles. The van der Waals surface area contributed by atoms with E-state index >= 15 is 0 Å². The third-order valence-corrected chi connectivity index (χ3v) is 2.92. The minimum atomic E-state index is -1.11. The van der Waals surface area contributed by atoms with Gasteiger partial charge in [0.1, 0.15) is 0 Å². The minimum absolute atomic E-state index is 0.0221. The first-order valence-corrected chi connectivity index (χ1v) is 6.80. The Hall–Kier alpha value is -1.84. The van der Waals surface area contributed by atoms with Crippen LogP contribution in [0.2, 0.25) is 0 Å². The van der Waals surface area contributed by atoms with Gasteiger partial charge in [0.2, 0.25) is 5.91 Å². The van der Waals surface area contributed by atoms with Crippen molar-refractivity contribution in [2.75, 3.05) is 18.4 Å². The maximum Gasteiger partial charge on any atom is 0.337 e. The third-order valence-electron chi connectivity index (χ3n) is 2.24. The van der Waals surface area contributed by atoms with Crippen molar-refractivity contribution >= 4 is 46.2 Å². The lowest BCUT2D eigenvalue weighted by molar-refractivity contribution is -0.118. The smallest absolute Gasteiger partial charge is 0.337 e. The molecule has 1 aromatic carbocycles. The van der Waals surface area contributed by atoms with Gasteiger partial charge in [0.05, 0.1) is 11.3 Å². The van der Waals surface area contributed by atoms with E-state index in [4.69, 9.17) is 5.11 Å². The summed E-state index contributed by atoms with van der Waals surface area (Å²) in [7, 11) is 0. The Bertz CT molecular complexity index is 533. The van der Waals surface area contributed by atoms with E-state index in [-0.39, 0.29) is 23.7 Å². The number of rotatable bonds is 5. The summed E-state index contributed by atoms with van der Waals surface area (Å²) in [6.07, 6.45) is 0. The van der Waals surface area contributed by atoms with Crippen LogP contribution in [-0.2, 0) is 4.79 Å². The van der Waals surface area contributed by atoms with E-state index < -0.39 is 12.0 Å². The summed E-state index contributed by atoms with van der Waals surface area (Å²) < 4.78 is 0.761. The first-order valence-electron chi connectivity index (χ1n) is 5.72. The third kappa shape index (κ3) is 5.43. The molecule has 0 atom stereocenters. The fourth-order valence-corrected chi connectivity index (χ4v) is 1.87. The normalized spacial score (nSPS) is 9.70. The van der Waals surface area contributed by atoms with Crippen molar-refractivity contribution < 1.29 is 19.5 Å². The second-order valence-electron chi connectivity index (χ2n) is 3.86. The number of carboxylic acid groups (broad SMARTS) is 1. The number of carbonyl (C=O) groups is 3. The average molecular weight is 391 g/mol. The molecule has 1 aromatic rings. The Morgan fingerprint density at radius 2 is 1.85 bits per heavy atom. The molecule has 0 saturated carbocycles. The number of carbonyl (C=O) groups excluding carboxylic acids is 2. The standard InChI is InChI=1S/C12H14IN3O4/c1-7(17)14-4-5-15-12(20)16-10-3-2-8(13)6-9(10)11(18)19/h2-3,6H,4-5H2,1H3,(H,14,17)(H,18,19)(H2,15,16,20). The van der Waals surface area contributed by atoms with Crippen molar-refractivity contribution in [3.05, 3.63) is 27.3 Å². The fraction of sp³-hybridized carbons (Fsp3) is 0.250. The molecule has 7 nitrogen and oxygen atoms in total. The van der Waals surface area contributed by atoms with Crippen LogP contribution in [0.3, 0.4) is 0 Å². The molecule has 1 rings (SSSR count). The summed E-state index contributed by atoms with van der Waals surface area (Å²) in [5, 5.41) is 16.5. The maximum absolute atomic E-state index is 11.6. The fourth-order valence-electron chi connectivity index (χ4n) is 1.38. The van der Waals surface area contributed by atoms with E-state index in [0.29, 0.717) is 6.54 Å². The largest absolute Gasteiger partial charge is 0.478 e. The average Bonchev–Trinajstić information content (AvgIpc) is 2.36. The lowest BCUT2D eigenvalue weighted by Crippen LogP contribution is -2.36. The predicted octanol–water partition coefficient (Wildman–Crippen LogP) is 1.25. The van der Waals surface area contributed by atoms with Gasteiger partial charge in [0.15, 0.2) is 0 Å². The van der Waals surface area contributed by atoms with E-state index in [9.17, 15) is 14.4 Å². The van der Waals surface area contributed by atoms with Crippen molar-refractivity contribution in [2.45, 2.75) is 6.92 Å². The highest BCUT2D eigenvalue weighted by Crippen LogP contribution is 2.18. The zero-order chi connectivity index (χ0) is 15.1. The van der Waals surface area contributed by atoms with E-state index in [2.05, 4.69) is 16.0 Å². The summed E-state index contributed by atoms with van der Waals surface area (Å²) in [6.45, 7) is 1.93. The first kappa shape index (κ1) is 16.2. The number of hydrogen-bond acceptors (Lipinski definition) is 3. The topological polar surface area (TPSA) is 108 Å². The van der Waals surface area contributed by atoms with Crippen molar-refractivity contribution in [1.29, 1.82) is 0 Å². The Morgan fingerprint density at radius 3 is 2.45 bits per heavy atom. The van der Waals surface area contributed by atoms with Crippen LogP contribution < -0.4 is 16.0 Å². The van der Waals surface area contributed by atoms with Gasteiger partial charge in [-0.1, -0.05) is 0 Å². The summed E-state index contributed by atoms with van der Waals surface area (Å²) in [5.74, 6) is -1.30. The van der Waals surface area contributed by atoms with E-state index in [1.54, 1.807) is 6.07 Å². The highest BCUT2D eigenvalue weighted by molar-refractivity contribution is 14.1. The van der Waals surface area contributed by atoms with Crippen molar-refractivity contribution in [3.8, 4) is 0 Å². The van der Waals surface area contributed by atoms with Crippen molar-refractivity contribution in [2.24, 2.45) is 0 Å². The van der Waals surface area contributed by atoms with Gasteiger partial charge in [-0.3, -0.25) is 4.79 Å². The predicted molar refractivity (Wildman–Crippen MR) is 81.8 cm³/mol. The molecule has 0 aromatic heterocycles. The quantitative estimate of drug-likeness (QED) is 0.448. The molecule has 0 aliphatic carbocycles. The molecule has 20 heavy (non-hydrogen) atoms. The van der Waals surface area contributed by atoms with Gasteiger partial charge in [0.25, 0.3) is 0 Å². The number of carboxylic acids is 1. The SMILES string of the molecule is CC(=O)NCCNC(=O)Nc1ccc(I)cc1C(=O)O. The number of nitrogens with one attached hydrogen (secondary N) is 3. The zero-order valence-corrected chi connectivity index (χ0v) is 12.9. The van der Waals surface area contributed by atoms with Gasteiger partial charge in [-0.2, -0.15) is 0 Å². The van der Waals surface area contributed by atoms with Crippen molar-refractivity contribution in [1.82, 2.24) is 10.6 Å². The molecular weight excluding hydrogens is 377 g/mol. The number of amides is 3. The molecule has 0 radical (unpaired) electrons. The monoisotopic (exact) mass is 391 g/mol. The van der Waals surface area contributed by atoms with Crippen LogP contribution in [0, 0.1) is 3.57 Å². The summed E-state index contributed by atoms with van der Waals surface area (Å²) >= 11 is 1.99. The summed E-state index contributed by atoms with van der Waals surface area (Å²) in [4.78, 5) is 33.3. The molecule has 0 aliphatic rings. The van der Waals surface area contributed by atoms with Gasteiger partial charge in [-0.25, -0.2) is 9.59 Å². The second-order valence-corrected chi connectivity index (χ2v) is 5.10. The van der Waals surface area contributed by atoms with E-state index in [1.165, 1.54) is 19.1 Å². The molecule has 0 fully saturated rings. The van der Waals surface area contributed by atoms with Gasteiger partial charge < -0.3 is 21.1 Å². The molecule has 108 valence electrons. The Morgan fingerprint density at radius 1 is 1.20 bits per heavy atom. The maximum atomic E-state index is 11.6. The lowest BCUT2D eigenvalue weighted by atomic mass is 10.2. The Kier molecular flexibility index (Phi) is 6.22. The van der Waals surface area contributed by atoms with Gasteiger partial charge in [-0.05, 0) is 40.8 Å². The molecule has 0 saturated heterocycles. The Balaban J connectivity index is 2.57. The minimum Gasteiger partial charge on any atom is -0.478 e. The second kappa shape index (κ2) is 7.68. The van der Waals surface area contributed by atoms with Gasteiger partial charge >= 0.3 is 12.0 Å². The van der Waals surface area contributed by atoms with E-state index in [1.807, 2.05) is 22.6 Å². The van der Waals surface area contributed by atoms with Crippen molar-refractivity contribution in [3.63, 3.8) is 0 Å². The molecule has 0 aliphatic heterocycles. The summed E-state index contributed by atoms with van der Waals surface area (Å²) in [6, 6.07) is 4.16. The molecule has 0 bridgehead atoms. The van der Waals surface area contributed by atoms with Crippen LogP contribution in [0.25, 0.3) is 0 Å². The highest BCUT2D eigenvalue weighted by atomic mass is 127. The van der Waals surface area contributed by atoms with Crippen LogP contribution in [-0.4, -0.2) is 36.1 Å².